The molecule has 0 aliphatic carbocycles. The van der Waals surface area contributed by atoms with E-state index in [4.69, 9.17) is 0 Å². The van der Waals surface area contributed by atoms with E-state index in [1.54, 1.807) is 0 Å². The van der Waals surface area contributed by atoms with E-state index in [-0.39, 0.29) is 10.8 Å². The van der Waals surface area contributed by atoms with Crippen molar-refractivity contribution in [2.75, 3.05) is 0 Å². The van der Waals surface area contributed by atoms with Crippen molar-refractivity contribution in [3.05, 3.63) is 23.9 Å². The average Bonchev–Trinajstić information content (AvgIpc) is 2.00. The summed E-state index contributed by atoms with van der Waals surface area (Å²) in [5.74, 6) is 0. The normalized spacial score (nSPS) is 15.4. The minimum atomic E-state index is 0.0588. The lowest BCUT2D eigenvalue weighted by atomic mass is 9.78. The molecule has 0 aromatic rings. The molecule has 0 rings (SSSR count). The highest BCUT2D eigenvalue weighted by molar-refractivity contribution is 5.56. The van der Waals surface area contributed by atoms with Crippen LogP contribution in [0.15, 0.2) is 28.9 Å². The number of hydrogen-bond donors (Lipinski definition) is 0. The fourth-order valence-electron chi connectivity index (χ4n) is 1.55. The summed E-state index contributed by atoms with van der Waals surface area (Å²) < 4.78 is 0. The highest BCUT2D eigenvalue weighted by atomic mass is 14.8. The van der Waals surface area contributed by atoms with Gasteiger partial charge < -0.3 is 0 Å². The topological polar surface area (TPSA) is 12.4 Å². The van der Waals surface area contributed by atoms with Crippen LogP contribution in [-0.2, 0) is 0 Å². The standard InChI is InChI=1S/C14H25N/c1-9-11(13(3,4)5)12(15-10-2)14(6,7)8/h9-10H,1H2,2-8H3/b12-11+,15-10?. The maximum atomic E-state index is 4.52. The molecule has 0 aromatic carbocycles. The Morgan fingerprint density at radius 2 is 1.47 bits per heavy atom. The molecule has 0 aliphatic rings. The summed E-state index contributed by atoms with van der Waals surface area (Å²) in [5, 5.41) is 0. The molecule has 0 spiro atoms. The molecular formula is C14H25N. The fourth-order valence-corrected chi connectivity index (χ4v) is 1.55. The Morgan fingerprint density at radius 3 is 1.67 bits per heavy atom. The van der Waals surface area contributed by atoms with Gasteiger partial charge >= 0.3 is 0 Å². The van der Waals surface area contributed by atoms with E-state index in [0.717, 1.165) is 5.70 Å². The van der Waals surface area contributed by atoms with Gasteiger partial charge in [-0.3, -0.25) is 4.99 Å². The second-order valence-corrected chi connectivity index (χ2v) is 5.85. The van der Waals surface area contributed by atoms with Crippen LogP contribution in [0, 0.1) is 10.8 Å². The molecule has 1 nitrogen and oxygen atoms in total. The summed E-state index contributed by atoms with van der Waals surface area (Å²) in [6.45, 7) is 19.0. The minimum absolute atomic E-state index is 0.0588. The molecule has 0 N–H and O–H groups in total. The number of rotatable bonds is 2. The largest absolute Gasteiger partial charge is 0.265 e. The quantitative estimate of drug-likeness (QED) is 0.463. The van der Waals surface area contributed by atoms with Gasteiger partial charge in [0, 0.05) is 17.3 Å². The second-order valence-electron chi connectivity index (χ2n) is 5.85. The smallest absolute Gasteiger partial charge is 0.0490 e. The Kier molecular flexibility index (Phi) is 4.51. The van der Waals surface area contributed by atoms with Crippen LogP contribution in [0.5, 0.6) is 0 Å². The van der Waals surface area contributed by atoms with E-state index in [1.807, 2.05) is 19.2 Å². The first-order valence-electron chi connectivity index (χ1n) is 5.51. The third-order valence-corrected chi connectivity index (χ3v) is 2.24. The molecule has 0 aliphatic heterocycles. The maximum absolute atomic E-state index is 4.52. The number of aliphatic imine (C=N–C) groups is 1. The van der Waals surface area contributed by atoms with Crippen LogP contribution in [0.25, 0.3) is 0 Å². The van der Waals surface area contributed by atoms with Gasteiger partial charge in [0.2, 0.25) is 0 Å². The molecule has 0 amide bonds. The van der Waals surface area contributed by atoms with Crippen molar-refractivity contribution >= 4 is 6.21 Å². The van der Waals surface area contributed by atoms with Crippen molar-refractivity contribution in [2.45, 2.75) is 48.5 Å². The highest BCUT2D eigenvalue weighted by Crippen LogP contribution is 2.37. The highest BCUT2D eigenvalue weighted by Gasteiger charge is 2.25. The second kappa shape index (κ2) is 4.78. The summed E-state index contributed by atoms with van der Waals surface area (Å²) in [5.41, 5.74) is 2.51. The molecule has 0 unspecified atom stereocenters. The van der Waals surface area contributed by atoms with Crippen LogP contribution in [0.1, 0.15) is 48.5 Å². The summed E-state index contributed by atoms with van der Waals surface area (Å²) >= 11 is 0. The third kappa shape index (κ3) is 4.03. The third-order valence-electron chi connectivity index (χ3n) is 2.24. The predicted molar refractivity (Wildman–Crippen MR) is 70.3 cm³/mol. The zero-order chi connectivity index (χ0) is 12.3. The van der Waals surface area contributed by atoms with Gasteiger partial charge in [0.1, 0.15) is 0 Å². The first-order valence-corrected chi connectivity index (χ1v) is 5.51. The van der Waals surface area contributed by atoms with Crippen LogP contribution in [0.3, 0.4) is 0 Å². The van der Waals surface area contributed by atoms with Crippen molar-refractivity contribution in [1.82, 2.24) is 0 Å². The van der Waals surface area contributed by atoms with E-state index >= 15 is 0 Å². The van der Waals surface area contributed by atoms with Gasteiger partial charge in [0.15, 0.2) is 0 Å². The van der Waals surface area contributed by atoms with Crippen LogP contribution in [0.4, 0.5) is 0 Å². The molecule has 1 heteroatoms. The van der Waals surface area contributed by atoms with Gasteiger partial charge in [-0.05, 0) is 17.9 Å². The molecular weight excluding hydrogens is 182 g/mol. The van der Waals surface area contributed by atoms with Gasteiger partial charge in [0.05, 0.1) is 0 Å². The van der Waals surface area contributed by atoms with Gasteiger partial charge in [-0.1, -0.05) is 54.2 Å². The number of allylic oxidation sites excluding steroid dienone is 3. The molecule has 0 saturated heterocycles. The van der Waals surface area contributed by atoms with Gasteiger partial charge in [-0.2, -0.15) is 0 Å². The Morgan fingerprint density at radius 1 is 1.00 bits per heavy atom. The molecule has 15 heavy (non-hydrogen) atoms. The monoisotopic (exact) mass is 207 g/mol. The lowest BCUT2D eigenvalue weighted by Crippen LogP contribution is -2.17. The van der Waals surface area contributed by atoms with Gasteiger partial charge in [-0.25, -0.2) is 0 Å². The molecule has 0 bridgehead atoms. The van der Waals surface area contributed by atoms with Gasteiger partial charge in [-0.15, -0.1) is 0 Å². The van der Waals surface area contributed by atoms with Crippen molar-refractivity contribution in [3.8, 4) is 0 Å². The Labute approximate surface area is 95.0 Å². The summed E-state index contributed by atoms with van der Waals surface area (Å²) in [7, 11) is 0. The van der Waals surface area contributed by atoms with E-state index in [1.165, 1.54) is 5.57 Å². The first kappa shape index (κ1) is 14.2. The van der Waals surface area contributed by atoms with Crippen molar-refractivity contribution in [1.29, 1.82) is 0 Å². The Bertz CT molecular complexity index is 279. The summed E-state index contributed by atoms with van der Waals surface area (Å²) in [6, 6.07) is 0. The number of hydrogen-bond acceptors (Lipinski definition) is 1. The van der Waals surface area contributed by atoms with Crippen molar-refractivity contribution in [2.24, 2.45) is 15.8 Å². The SMILES string of the molecule is C=C/C(=C(\N=CC)C(C)(C)C)C(C)(C)C. The Hall–Kier alpha value is -0.850. The molecule has 0 aromatic heterocycles. The van der Waals surface area contributed by atoms with Crippen LogP contribution < -0.4 is 0 Å². The fraction of sp³-hybridized carbons (Fsp3) is 0.643. The molecule has 0 heterocycles. The molecule has 0 atom stereocenters. The number of nitrogens with zero attached hydrogens (tertiary/aromatic N) is 1. The summed E-state index contributed by atoms with van der Waals surface area (Å²) in [4.78, 5) is 4.52. The minimum Gasteiger partial charge on any atom is -0.265 e. The maximum Gasteiger partial charge on any atom is 0.0490 e. The molecule has 0 saturated carbocycles. The van der Waals surface area contributed by atoms with E-state index in [2.05, 4.69) is 53.1 Å². The zero-order valence-corrected chi connectivity index (χ0v) is 11.3. The lowest BCUT2D eigenvalue weighted by molar-refractivity contribution is 0.450. The first-order chi connectivity index (χ1) is 6.64. The van der Waals surface area contributed by atoms with Gasteiger partial charge in [0.25, 0.3) is 0 Å². The van der Waals surface area contributed by atoms with Crippen LogP contribution in [0.2, 0.25) is 0 Å². The van der Waals surface area contributed by atoms with E-state index < -0.39 is 0 Å². The zero-order valence-electron chi connectivity index (χ0n) is 11.3. The van der Waals surface area contributed by atoms with Crippen molar-refractivity contribution in [3.63, 3.8) is 0 Å². The summed E-state index contributed by atoms with van der Waals surface area (Å²) in [6.07, 6.45) is 3.80. The Balaban J connectivity index is 5.72. The van der Waals surface area contributed by atoms with Crippen LogP contribution in [-0.4, -0.2) is 6.21 Å². The average molecular weight is 207 g/mol. The molecule has 0 fully saturated rings. The van der Waals surface area contributed by atoms with Crippen molar-refractivity contribution < 1.29 is 0 Å². The van der Waals surface area contributed by atoms with E-state index in [0.29, 0.717) is 0 Å². The van der Waals surface area contributed by atoms with Crippen LogP contribution >= 0.6 is 0 Å². The molecule has 0 radical (unpaired) electrons. The molecule has 86 valence electrons. The lowest BCUT2D eigenvalue weighted by Gasteiger charge is -2.29. The van der Waals surface area contributed by atoms with E-state index in [9.17, 15) is 0 Å². The predicted octanol–water partition coefficient (Wildman–Crippen LogP) is 4.61.